The first kappa shape index (κ1) is 10.6. The molecule has 0 aromatic carbocycles. The quantitative estimate of drug-likeness (QED) is 0.641. The third-order valence-electron chi connectivity index (χ3n) is 1.65. The summed E-state index contributed by atoms with van der Waals surface area (Å²) in [5.74, 6) is 0. The zero-order valence-corrected chi connectivity index (χ0v) is 9.27. The summed E-state index contributed by atoms with van der Waals surface area (Å²) < 4.78 is 0. The number of thioether (sulfide) groups is 1. The molecule has 0 aromatic rings. The lowest BCUT2D eigenvalue weighted by atomic mass is 10.3. The van der Waals surface area contributed by atoms with Gasteiger partial charge in [0.05, 0.1) is 10.9 Å². The van der Waals surface area contributed by atoms with Crippen molar-refractivity contribution in [2.45, 2.75) is 12.2 Å². The van der Waals surface area contributed by atoms with Gasteiger partial charge in [0.15, 0.2) is 0 Å². The van der Waals surface area contributed by atoms with E-state index in [0.29, 0.717) is 5.25 Å². The smallest absolute Gasteiger partial charge is 0.0650 e. The van der Waals surface area contributed by atoms with Crippen molar-refractivity contribution in [3.8, 4) is 0 Å². The molecule has 0 aromatic heterocycles. The highest BCUT2D eigenvalue weighted by Crippen LogP contribution is 2.24. The molecule has 1 atom stereocenters. The van der Waals surface area contributed by atoms with Crippen LogP contribution in [-0.4, -0.2) is 17.7 Å². The molecule has 0 heterocycles. The van der Waals surface area contributed by atoms with Crippen LogP contribution in [0.5, 0.6) is 0 Å². The first-order valence-corrected chi connectivity index (χ1v) is 5.71. The lowest BCUT2D eigenvalue weighted by Gasteiger charge is -2.08. The fourth-order valence-corrected chi connectivity index (χ4v) is 1.88. The lowest BCUT2D eigenvalue weighted by molar-refractivity contribution is 1.19. The van der Waals surface area contributed by atoms with E-state index in [1.54, 1.807) is 18.0 Å². The maximum atomic E-state index is 5.92. The van der Waals surface area contributed by atoms with E-state index in [0.717, 1.165) is 10.7 Å². The second kappa shape index (κ2) is 5.30. The van der Waals surface area contributed by atoms with E-state index >= 15 is 0 Å². The predicted octanol–water partition coefficient (Wildman–Crippen LogP) is 3.39. The van der Waals surface area contributed by atoms with Crippen molar-refractivity contribution < 1.29 is 0 Å². The minimum atomic E-state index is 0.309. The Bertz CT molecular complexity index is 289. The second-order valence-electron chi connectivity index (χ2n) is 2.55. The maximum absolute atomic E-state index is 5.92. The molecule has 0 amide bonds. The van der Waals surface area contributed by atoms with Crippen LogP contribution < -0.4 is 0 Å². The van der Waals surface area contributed by atoms with Crippen LogP contribution in [0.15, 0.2) is 40.0 Å². The first-order valence-electron chi connectivity index (χ1n) is 4.05. The van der Waals surface area contributed by atoms with Gasteiger partial charge in [0, 0.05) is 11.2 Å². The van der Waals surface area contributed by atoms with Crippen molar-refractivity contribution in [1.82, 2.24) is 0 Å². The maximum Gasteiger partial charge on any atom is 0.0650 e. The van der Waals surface area contributed by atoms with E-state index in [9.17, 15) is 0 Å². The molecular formula is C10H12ClNS. The third kappa shape index (κ3) is 3.05. The summed E-state index contributed by atoms with van der Waals surface area (Å²) in [5, 5.41) is 1.04. The van der Waals surface area contributed by atoms with Gasteiger partial charge in [-0.1, -0.05) is 23.8 Å². The number of aliphatic imine (C=N–C) groups is 1. The van der Waals surface area contributed by atoms with Crippen molar-refractivity contribution in [2.75, 3.05) is 6.26 Å². The van der Waals surface area contributed by atoms with Crippen LogP contribution in [0.2, 0.25) is 0 Å². The monoisotopic (exact) mass is 213 g/mol. The molecular weight excluding hydrogens is 202 g/mol. The largest absolute Gasteiger partial charge is 0.264 e. The molecule has 0 saturated heterocycles. The number of hydrogen-bond acceptors (Lipinski definition) is 2. The number of allylic oxidation sites excluding steroid dienone is 4. The number of rotatable bonds is 2. The highest BCUT2D eigenvalue weighted by Gasteiger charge is 2.10. The van der Waals surface area contributed by atoms with Gasteiger partial charge in [-0.15, -0.1) is 0 Å². The number of halogens is 1. The van der Waals surface area contributed by atoms with Gasteiger partial charge in [0.25, 0.3) is 0 Å². The van der Waals surface area contributed by atoms with Crippen LogP contribution in [0.4, 0.5) is 0 Å². The van der Waals surface area contributed by atoms with Crippen LogP contribution in [0.3, 0.4) is 0 Å². The van der Waals surface area contributed by atoms with E-state index < -0.39 is 0 Å². The Morgan fingerprint density at radius 3 is 3.00 bits per heavy atom. The van der Waals surface area contributed by atoms with Gasteiger partial charge >= 0.3 is 0 Å². The third-order valence-corrected chi connectivity index (χ3v) is 2.79. The van der Waals surface area contributed by atoms with E-state index in [4.69, 9.17) is 11.6 Å². The molecule has 70 valence electrons. The van der Waals surface area contributed by atoms with Gasteiger partial charge in [-0.3, -0.25) is 4.99 Å². The minimum absolute atomic E-state index is 0.309. The van der Waals surface area contributed by atoms with Crippen LogP contribution in [0.1, 0.15) is 6.92 Å². The molecule has 0 saturated carbocycles. The fraction of sp³-hybridized carbons (Fsp3) is 0.300. The summed E-state index contributed by atoms with van der Waals surface area (Å²) in [5.41, 5.74) is 1.00. The van der Waals surface area contributed by atoms with Crippen LogP contribution >= 0.6 is 23.4 Å². The molecule has 0 N–H and O–H groups in total. The molecule has 0 aliphatic heterocycles. The Labute approximate surface area is 88.3 Å². The average Bonchev–Trinajstić information content (AvgIpc) is 2.28. The Morgan fingerprint density at radius 2 is 2.38 bits per heavy atom. The standard InChI is InChI=1S/C10H12ClNS/c1-3-12-9-7-8(11)5-4-6-10(9)13-2/h3-7,10H,1-2H3. The van der Waals surface area contributed by atoms with Crippen LogP contribution in [-0.2, 0) is 0 Å². The van der Waals surface area contributed by atoms with Gasteiger partial charge in [-0.25, -0.2) is 0 Å². The van der Waals surface area contributed by atoms with E-state index in [2.05, 4.69) is 17.3 Å². The SMILES string of the molecule is CC=NC1=CC(Cl)=CC=CC1SC. The molecule has 13 heavy (non-hydrogen) atoms. The molecule has 0 fully saturated rings. The summed E-state index contributed by atoms with van der Waals surface area (Å²) >= 11 is 7.67. The highest BCUT2D eigenvalue weighted by molar-refractivity contribution is 7.99. The van der Waals surface area contributed by atoms with Crippen LogP contribution in [0.25, 0.3) is 0 Å². The fourth-order valence-electron chi connectivity index (χ4n) is 1.08. The molecule has 1 aliphatic carbocycles. The highest BCUT2D eigenvalue weighted by atomic mass is 35.5. The molecule has 0 spiro atoms. The van der Waals surface area contributed by atoms with Crippen molar-refractivity contribution in [1.29, 1.82) is 0 Å². The van der Waals surface area contributed by atoms with E-state index in [1.807, 2.05) is 25.2 Å². The van der Waals surface area contributed by atoms with Crippen molar-refractivity contribution in [2.24, 2.45) is 4.99 Å². The molecule has 0 bridgehead atoms. The second-order valence-corrected chi connectivity index (χ2v) is 3.96. The summed E-state index contributed by atoms with van der Waals surface area (Å²) in [6.07, 6.45) is 11.7. The minimum Gasteiger partial charge on any atom is -0.264 e. The lowest BCUT2D eigenvalue weighted by Crippen LogP contribution is -1.99. The first-order chi connectivity index (χ1) is 6.27. The Kier molecular flexibility index (Phi) is 4.33. The number of nitrogens with zero attached hydrogens (tertiary/aromatic N) is 1. The summed E-state index contributed by atoms with van der Waals surface area (Å²) in [6.45, 7) is 1.91. The Hall–Kier alpha value is -0.470. The van der Waals surface area contributed by atoms with E-state index in [-0.39, 0.29) is 0 Å². The molecule has 1 unspecified atom stereocenters. The molecule has 1 nitrogen and oxygen atoms in total. The van der Waals surface area contributed by atoms with E-state index in [1.165, 1.54) is 0 Å². The predicted molar refractivity (Wildman–Crippen MR) is 62.6 cm³/mol. The Morgan fingerprint density at radius 1 is 1.62 bits per heavy atom. The average molecular weight is 214 g/mol. The molecule has 1 aliphatic rings. The summed E-state index contributed by atoms with van der Waals surface area (Å²) in [4.78, 5) is 4.29. The van der Waals surface area contributed by atoms with Gasteiger partial charge < -0.3 is 0 Å². The number of hydrogen-bond donors (Lipinski definition) is 0. The van der Waals surface area contributed by atoms with Gasteiger partial charge in [0.1, 0.15) is 0 Å². The van der Waals surface area contributed by atoms with Gasteiger partial charge in [-0.05, 0) is 25.3 Å². The normalized spacial score (nSPS) is 22.8. The molecule has 3 heteroatoms. The van der Waals surface area contributed by atoms with Gasteiger partial charge in [-0.2, -0.15) is 11.8 Å². The van der Waals surface area contributed by atoms with Crippen molar-refractivity contribution >= 4 is 29.6 Å². The molecule has 0 radical (unpaired) electrons. The van der Waals surface area contributed by atoms with Gasteiger partial charge in [0.2, 0.25) is 0 Å². The topological polar surface area (TPSA) is 12.4 Å². The molecule has 1 rings (SSSR count). The summed E-state index contributed by atoms with van der Waals surface area (Å²) in [6, 6.07) is 0. The zero-order chi connectivity index (χ0) is 9.68. The van der Waals surface area contributed by atoms with Crippen LogP contribution in [0, 0.1) is 0 Å². The summed E-state index contributed by atoms with van der Waals surface area (Å²) in [7, 11) is 0. The Balaban J connectivity index is 2.96. The van der Waals surface area contributed by atoms with Crippen molar-refractivity contribution in [3.63, 3.8) is 0 Å². The zero-order valence-electron chi connectivity index (χ0n) is 7.70. The van der Waals surface area contributed by atoms with Crippen molar-refractivity contribution in [3.05, 3.63) is 35.0 Å².